The quantitative estimate of drug-likeness (QED) is 0.773. The maximum absolute atomic E-state index is 12.2. The summed E-state index contributed by atoms with van der Waals surface area (Å²) >= 11 is 1.48. The number of carbonyl (C=O) groups excluding carboxylic acids is 1. The fraction of sp³-hybridized carbons (Fsp3) is 0.450. The molecule has 2 aromatic rings. The zero-order valence-corrected chi connectivity index (χ0v) is 17.4. The Morgan fingerprint density at radius 1 is 1.19 bits per heavy atom. The predicted molar refractivity (Wildman–Crippen MR) is 113 cm³/mol. The van der Waals surface area contributed by atoms with E-state index in [0.717, 1.165) is 43.2 Å². The summed E-state index contributed by atoms with van der Waals surface area (Å²) in [5.41, 5.74) is 1.67. The first-order chi connectivity index (χ1) is 13.0. The summed E-state index contributed by atoms with van der Waals surface area (Å²) in [5, 5.41) is 11.3. The van der Waals surface area contributed by atoms with Crippen LogP contribution in [0, 0.1) is 12.3 Å². The number of rotatable bonds is 5. The van der Waals surface area contributed by atoms with Gasteiger partial charge >= 0.3 is 0 Å². The normalized spacial score (nSPS) is 15.0. The van der Waals surface area contributed by atoms with Crippen molar-refractivity contribution in [3.8, 4) is 0 Å². The van der Waals surface area contributed by atoms with Gasteiger partial charge in [-0.15, -0.1) is 11.3 Å². The smallest absolute Gasteiger partial charge is 0.275 e. The van der Waals surface area contributed by atoms with Crippen LogP contribution < -0.4 is 5.32 Å². The molecule has 1 aromatic carbocycles. The second-order valence-corrected chi connectivity index (χ2v) is 7.52. The number of anilines is 1. The van der Waals surface area contributed by atoms with Gasteiger partial charge in [-0.1, -0.05) is 43.7 Å². The average Bonchev–Trinajstić information content (AvgIpc) is 3.12. The number of thiazole rings is 1. The Bertz CT molecular complexity index is 748. The van der Waals surface area contributed by atoms with E-state index in [2.05, 4.69) is 27.1 Å². The van der Waals surface area contributed by atoms with Crippen LogP contribution in [0.1, 0.15) is 29.9 Å². The summed E-state index contributed by atoms with van der Waals surface area (Å²) < 4.78 is 0. The molecule has 0 unspecified atom stereocenters. The monoisotopic (exact) mass is 387 g/mol. The van der Waals surface area contributed by atoms with E-state index < -0.39 is 5.91 Å². The van der Waals surface area contributed by atoms with Crippen molar-refractivity contribution in [1.82, 2.24) is 14.8 Å². The van der Waals surface area contributed by atoms with Gasteiger partial charge in [0, 0.05) is 49.4 Å². The lowest BCUT2D eigenvalue weighted by atomic mass is 10.1. The van der Waals surface area contributed by atoms with E-state index in [1.54, 1.807) is 12.1 Å². The molecule has 0 atom stereocenters. The van der Waals surface area contributed by atoms with E-state index in [1.807, 2.05) is 39.1 Å². The number of piperazine rings is 1. The molecule has 1 saturated heterocycles. The number of likely N-dealkylation sites (N-methyl/N-ethyl adjacent to an activating group) is 1. The second kappa shape index (κ2) is 10.3. The summed E-state index contributed by atoms with van der Waals surface area (Å²) in [6.45, 7) is 11.1. The van der Waals surface area contributed by atoms with Crippen molar-refractivity contribution < 1.29 is 4.79 Å². The molecule has 1 aliphatic rings. The summed E-state index contributed by atoms with van der Waals surface area (Å²) in [6.07, 6.45) is 1.81. The molecule has 6 nitrogen and oxygen atoms in total. The van der Waals surface area contributed by atoms with Crippen LogP contribution in [0.5, 0.6) is 0 Å². The van der Waals surface area contributed by atoms with Crippen LogP contribution in [0.4, 0.5) is 5.13 Å². The van der Waals surface area contributed by atoms with Crippen LogP contribution >= 0.6 is 11.3 Å². The van der Waals surface area contributed by atoms with Crippen LogP contribution in [-0.4, -0.2) is 59.6 Å². The van der Waals surface area contributed by atoms with Crippen LogP contribution in [0.25, 0.3) is 0 Å². The molecule has 1 aliphatic heterocycles. The molecule has 0 saturated carbocycles. The maximum Gasteiger partial charge on any atom is 0.275 e. The van der Waals surface area contributed by atoms with Crippen molar-refractivity contribution >= 4 is 28.1 Å². The first kappa shape index (κ1) is 21.2. The number of aryl methyl sites for hydroxylation is 1. The molecule has 146 valence electrons. The van der Waals surface area contributed by atoms with Crippen molar-refractivity contribution in [2.75, 3.05) is 38.5 Å². The fourth-order valence-corrected chi connectivity index (χ4v) is 3.53. The molecular formula is C20H29N5OS. The number of benzene rings is 1. The second-order valence-electron chi connectivity index (χ2n) is 6.41. The van der Waals surface area contributed by atoms with Gasteiger partial charge in [-0.3, -0.25) is 20.4 Å². The molecule has 0 bridgehead atoms. The molecule has 7 heteroatoms. The van der Waals surface area contributed by atoms with Crippen molar-refractivity contribution in [3.63, 3.8) is 0 Å². The predicted octanol–water partition coefficient (Wildman–Crippen LogP) is 3.23. The number of hydrogen-bond donors (Lipinski definition) is 2. The zero-order chi connectivity index (χ0) is 19.8. The Labute approximate surface area is 165 Å². The molecule has 0 spiro atoms. The lowest BCUT2D eigenvalue weighted by Crippen LogP contribution is -2.43. The van der Waals surface area contributed by atoms with E-state index in [9.17, 15) is 4.79 Å². The first-order valence-electron chi connectivity index (χ1n) is 9.34. The molecular weight excluding hydrogens is 358 g/mol. The number of amides is 1. The number of nitrogens with zero attached hydrogens (tertiary/aromatic N) is 3. The van der Waals surface area contributed by atoms with E-state index in [0.29, 0.717) is 10.7 Å². The van der Waals surface area contributed by atoms with Crippen LogP contribution in [0.2, 0.25) is 0 Å². The lowest BCUT2D eigenvalue weighted by molar-refractivity contribution is -0.110. The maximum atomic E-state index is 12.2. The Balaban J connectivity index is 0.00000126. The first-order valence-corrected chi connectivity index (χ1v) is 10.2. The van der Waals surface area contributed by atoms with Gasteiger partial charge < -0.3 is 4.90 Å². The van der Waals surface area contributed by atoms with Gasteiger partial charge in [0.05, 0.1) is 0 Å². The molecule has 3 rings (SSSR count). The molecule has 2 heterocycles. The number of carbonyl (C=O) groups is 1. The Morgan fingerprint density at radius 3 is 2.44 bits per heavy atom. The Morgan fingerprint density at radius 2 is 1.81 bits per heavy atom. The topological polar surface area (TPSA) is 72.3 Å². The standard InChI is InChI=1S/C18H23N5OS.C2H6/c1-13-3-5-14(6-4-13)16(19)17(24)21-18-20-11-15(25-18)12-23-9-7-22(2)8-10-23;1-2/h3-6,11,19H,7-10,12H2,1-2H3,(H,20,21,24);1-2H3. The minimum absolute atomic E-state index is 0.0455. The average molecular weight is 388 g/mol. The number of nitrogens with one attached hydrogen (secondary N) is 2. The van der Waals surface area contributed by atoms with Gasteiger partial charge in [-0.05, 0) is 14.0 Å². The van der Waals surface area contributed by atoms with Gasteiger partial charge in [-0.2, -0.15) is 0 Å². The Kier molecular flexibility index (Phi) is 8.09. The van der Waals surface area contributed by atoms with Gasteiger partial charge in [0.15, 0.2) is 5.13 Å². The minimum Gasteiger partial charge on any atom is -0.304 e. The van der Waals surface area contributed by atoms with Crippen LogP contribution in [0.3, 0.4) is 0 Å². The van der Waals surface area contributed by atoms with Crippen molar-refractivity contribution in [2.45, 2.75) is 27.3 Å². The van der Waals surface area contributed by atoms with E-state index in [1.165, 1.54) is 11.3 Å². The van der Waals surface area contributed by atoms with Crippen molar-refractivity contribution in [2.24, 2.45) is 0 Å². The molecule has 1 aromatic heterocycles. The number of aromatic nitrogens is 1. The third-order valence-corrected chi connectivity index (χ3v) is 5.21. The highest BCUT2D eigenvalue weighted by atomic mass is 32.1. The SMILES string of the molecule is CC.Cc1ccc(C(=N)C(=O)Nc2ncc(CN3CCN(C)CC3)s2)cc1. The molecule has 2 N–H and O–H groups in total. The van der Waals surface area contributed by atoms with E-state index in [4.69, 9.17) is 5.41 Å². The van der Waals surface area contributed by atoms with E-state index >= 15 is 0 Å². The summed E-state index contributed by atoms with van der Waals surface area (Å²) in [4.78, 5) is 22.4. The largest absolute Gasteiger partial charge is 0.304 e. The zero-order valence-electron chi connectivity index (χ0n) is 16.6. The summed E-state index contributed by atoms with van der Waals surface area (Å²) in [7, 11) is 2.14. The third-order valence-electron chi connectivity index (χ3n) is 4.32. The molecule has 0 radical (unpaired) electrons. The molecule has 1 fully saturated rings. The summed E-state index contributed by atoms with van der Waals surface area (Å²) in [6, 6.07) is 7.37. The van der Waals surface area contributed by atoms with Gasteiger partial charge in [0.1, 0.15) is 5.71 Å². The van der Waals surface area contributed by atoms with Gasteiger partial charge in [0.2, 0.25) is 0 Å². The van der Waals surface area contributed by atoms with Crippen molar-refractivity contribution in [1.29, 1.82) is 5.41 Å². The van der Waals surface area contributed by atoms with Crippen LogP contribution in [0.15, 0.2) is 30.5 Å². The van der Waals surface area contributed by atoms with Crippen LogP contribution in [-0.2, 0) is 11.3 Å². The molecule has 0 aliphatic carbocycles. The fourth-order valence-electron chi connectivity index (χ4n) is 2.68. The minimum atomic E-state index is -0.427. The highest BCUT2D eigenvalue weighted by Gasteiger charge is 2.17. The number of hydrogen-bond acceptors (Lipinski definition) is 6. The molecule has 27 heavy (non-hydrogen) atoms. The highest BCUT2D eigenvalue weighted by Crippen LogP contribution is 2.20. The van der Waals surface area contributed by atoms with E-state index in [-0.39, 0.29) is 5.71 Å². The van der Waals surface area contributed by atoms with Gasteiger partial charge in [-0.25, -0.2) is 4.98 Å². The Hall–Kier alpha value is -2.09. The van der Waals surface area contributed by atoms with Gasteiger partial charge in [0.25, 0.3) is 5.91 Å². The molecule has 1 amide bonds. The van der Waals surface area contributed by atoms with Crippen molar-refractivity contribution in [3.05, 3.63) is 46.5 Å². The summed E-state index contributed by atoms with van der Waals surface area (Å²) in [5.74, 6) is -0.427. The highest BCUT2D eigenvalue weighted by molar-refractivity contribution is 7.15. The lowest BCUT2D eigenvalue weighted by Gasteiger charge is -2.31. The third kappa shape index (κ3) is 6.23.